The van der Waals surface area contributed by atoms with Crippen LogP contribution in [0, 0.1) is 0 Å². The van der Waals surface area contributed by atoms with Crippen LogP contribution in [0.5, 0.6) is 5.75 Å². The van der Waals surface area contributed by atoms with E-state index in [-0.39, 0.29) is 6.10 Å². The summed E-state index contributed by atoms with van der Waals surface area (Å²) < 4.78 is 6.15. The minimum Gasteiger partial charge on any atom is -0.496 e. The summed E-state index contributed by atoms with van der Waals surface area (Å²) in [4.78, 5) is 0. The average Bonchev–Trinajstić information content (AvgIpc) is 2.23. The summed E-state index contributed by atoms with van der Waals surface area (Å²) in [6.07, 6.45) is 1.65. The van der Waals surface area contributed by atoms with Crippen molar-refractivity contribution in [3.05, 3.63) is 28.2 Å². The van der Waals surface area contributed by atoms with Crippen LogP contribution >= 0.6 is 15.9 Å². The van der Waals surface area contributed by atoms with Crippen LogP contribution in [0.4, 0.5) is 0 Å². The van der Waals surface area contributed by atoms with Crippen molar-refractivity contribution in [3.63, 3.8) is 0 Å². The second-order valence-electron chi connectivity index (χ2n) is 4.17. The van der Waals surface area contributed by atoms with Crippen LogP contribution in [0.2, 0.25) is 0 Å². The monoisotopic (exact) mass is 285 g/mol. The first-order chi connectivity index (χ1) is 7.69. The van der Waals surface area contributed by atoms with Gasteiger partial charge in [0.15, 0.2) is 0 Å². The van der Waals surface area contributed by atoms with E-state index in [0.717, 1.165) is 29.6 Å². The molecule has 0 aromatic heterocycles. The quantitative estimate of drug-likeness (QED) is 0.890. The lowest BCUT2D eigenvalue weighted by Gasteiger charge is -2.32. The maximum absolute atomic E-state index is 9.16. The summed E-state index contributed by atoms with van der Waals surface area (Å²) in [6.45, 7) is 0.833. The molecule has 4 heteroatoms. The van der Waals surface area contributed by atoms with Crippen molar-refractivity contribution in [3.8, 4) is 5.75 Å². The van der Waals surface area contributed by atoms with Crippen molar-refractivity contribution in [1.82, 2.24) is 5.32 Å². The number of aliphatic hydroxyl groups is 1. The zero-order valence-electron chi connectivity index (χ0n) is 9.24. The Labute approximate surface area is 104 Å². The van der Waals surface area contributed by atoms with E-state index in [9.17, 15) is 0 Å². The van der Waals surface area contributed by atoms with E-state index in [1.165, 1.54) is 5.56 Å². The zero-order valence-corrected chi connectivity index (χ0v) is 10.8. The van der Waals surface area contributed by atoms with Crippen LogP contribution in [-0.4, -0.2) is 24.4 Å². The number of nitrogens with one attached hydrogen (secondary N) is 1. The largest absolute Gasteiger partial charge is 0.496 e. The number of hydrogen-bond donors (Lipinski definition) is 2. The summed E-state index contributed by atoms with van der Waals surface area (Å²) in [7, 11) is 1.66. The molecule has 0 aliphatic heterocycles. The third-order valence-electron chi connectivity index (χ3n) is 2.92. The van der Waals surface area contributed by atoms with Gasteiger partial charge in [0.1, 0.15) is 5.75 Å². The fraction of sp³-hybridized carbons (Fsp3) is 0.500. The molecule has 0 unspecified atom stereocenters. The Kier molecular flexibility index (Phi) is 3.84. The predicted octanol–water partition coefficient (Wildman–Crippen LogP) is 2.07. The summed E-state index contributed by atoms with van der Waals surface area (Å²) >= 11 is 3.46. The van der Waals surface area contributed by atoms with Gasteiger partial charge < -0.3 is 15.2 Å². The molecule has 0 heterocycles. The first kappa shape index (κ1) is 11.9. The number of rotatable bonds is 4. The van der Waals surface area contributed by atoms with E-state index >= 15 is 0 Å². The van der Waals surface area contributed by atoms with Crippen molar-refractivity contribution in [2.45, 2.75) is 31.5 Å². The van der Waals surface area contributed by atoms with Crippen LogP contribution in [0.15, 0.2) is 22.7 Å². The molecule has 1 aliphatic carbocycles. The predicted molar refractivity (Wildman–Crippen MR) is 66.6 cm³/mol. The first-order valence-electron chi connectivity index (χ1n) is 5.43. The first-order valence-corrected chi connectivity index (χ1v) is 6.22. The van der Waals surface area contributed by atoms with Gasteiger partial charge in [-0.15, -0.1) is 0 Å². The van der Waals surface area contributed by atoms with Crippen molar-refractivity contribution in [2.75, 3.05) is 7.11 Å². The summed E-state index contributed by atoms with van der Waals surface area (Å²) in [5.74, 6) is 0.850. The maximum atomic E-state index is 9.16. The third-order valence-corrected chi connectivity index (χ3v) is 3.54. The second-order valence-corrected chi connectivity index (χ2v) is 5.03. The molecule has 0 radical (unpaired) electrons. The van der Waals surface area contributed by atoms with Crippen LogP contribution in [0.1, 0.15) is 18.4 Å². The van der Waals surface area contributed by atoms with Gasteiger partial charge in [-0.25, -0.2) is 0 Å². The van der Waals surface area contributed by atoms with Gasteiger partial charge in [0, 0.05) is 12.6 Å². The number of ether oxygens (including phenoxy) is 1. The maximum Gasteiger partial charge on any atom is 0.133 e. The molecule has 0 atom stereocenters. The molecule has 0 bridgehead atoms. The topological polar surface area (TPSA) is 41.5 Å². The summed E-state index contributed by atoms with van der Waals surface area (Å²) in [5.41, 5.74) is 1.22. The molecule has 1 fully saturated rings. The standard InChI is InChI=1S/C12H16BrNO2/c1-16-12-3-2-8(4-11(12)13)7-14-9-5-10(15)6-9/h2-4,9-10,14-15H,5-7H2,1H3. The summed E-state index contributed by atoms with van der Waals surface area (Å²) in [6, 6.07) is 6.53. The van der Waals surface area contributed by atoms with Crippen LogP contribution in [-0.2, 0) is 6.54 Å². The van der Waals surface area contributed by atoms with Crippen molar-refractivity contribution in [1.29, 1.82) is 0 Å². The van der Waals surface area contributed by atoms with Gasteiger partial charge in [0.2, 0.25) is 0 Å². The van der Waals surface area contributed by atoms with Crippen molar-refractivity contribution < 1.29 is 9.84 Å². The molecule has 1 aromatic rings. The Bertz CT molecular complexity index is 364. The molecule has 0 saturated heterocycles. The molecule has 1 aromatic carbocycles. The van der Waals surface area contributed by atoms with E-state index in [1.54, 1.807) is 7.11 Å². The second kappa shape index (κ2) is 5.17. The lowest BCUT2D eigenvalue weighted by Crippen LogP contribution is -2.43. The molecule has 1 aliphatic rings. The van der Waals surface area contributed by atoms with Gasteiger partial charge in [-0.2, -0.15) is 0 Å². The normalized spacial score (nSPS) is 23.9. The van der Waals surface area contributed by atoms with Crippen LogP contribution < -0.4 is 10.1 Å². The Morgan fingerprint density at radius 1 is 1.50 bits per heavy atom. The number of benzene rings is 1. The molecule has 2 rings (SSSR count). The number of methoxy groups -OCH3 is 1. The smallest absolute Gasteiger partial charge is 0.133 e. The molecule has 88 valence electrons. The molecule has 0 amide bonds. The lowest BCUT2D eigenvalue weighted by molar-refractivity contribution is 0.0619. The molecule has 16 heavy (non-hydrogen) atoms. The minimum absolute atomic E-state index is 0.0971. The van der Waals surface area contributed by atoms with Crippen LogP contribution in [0.25, 0.3) is 0 Å². The van der Waals surface area contributed by atoms with Crippen LogP contribution in [0.3, 0.4) is 0 Å². The zero-order chi connectivity index (χ0) is 11.5. The number of hydrogen-bond acceptors (Lipinski definition) is 3. The Morgan fingerprint density at radius 2 is 2.25 bits per heavy atom. The van der Waals surface area contributed by atoms with Gasteiger partial charge in [0.05, 0.1) is 17.7 Å². The van der Waals surface area contributed by atoms with Crippen molar-refractivity contribution in [2.24, 2.45) is 0 Å². The Balaban J connectivity index is 1.87. The van der Waals surface area contributed by atoms with Crippen molar-refractivity contribution >= 4 is 15.9 Å². The van der Waals surface area contributed by atoms with Gasteiger partial charge in [-0.1, -0.05) is 6.07 Å². The minimum atomic E-state index is -0.0971. The molecular formula is C12H16BrNO2. The summed E-state index contributed by atoms with van der Waals surface area (Å²) in [5, 5.41) is 12.6. The molecular weight excluding hydrogens is 270 g/mol. The highest BCUT2D eigenvalue weighted by molar-refractivity contribution is 9.10. The lowest BCUT2D eigenvalue weighted by atomic mass is 9.89. The highest BCUT2D eigenvalue weighted by Crippen LogP contribution is 2.26. The third kappa shape index (κ3) is 2.75. The number of halogens is 1. The average molecular weight is 286 g/mol. The molecule has 1 saturated carbocycles. The van der Waals surface area contributed by atoms with E-state index < -0.39 is 0 Å². The molecule has 0 spiro atoms. The Morgan fingerprint density at radius 3 is 2.81 bits per heavy atom. The number of aliphatic hydroxyl groups excluding tert-OH is 1. The fourth-order valence-electron chi connectivity index (χ4n) is 1.84. The van der Waals surface area contributed by atoms with E-state index in [0.29, 0.717) is 6.04 Å². The highest BCUT2D eigenvalue weighted by atomic mass is 79.9. The van der Waals surface area contributed by atoms with Gasteiger partial charge in [-0.05, 0) is 46.5 Å². The van der Waals surface area contributed by atoms with Gasteiger partial charge in [0.25, 0.3) is 0 Å². The molecule has 2 N–H and O–H groups in total. The van der Waals surface area contributed by atoms with E-state index in [1.807, 2.05) is 12.1 Å². The van der Waals surface area contributed by atoms with E-state index in [2.05, 4.69) is 27.3 Å². The van der Waals surface area contributed by atoms with Gasteiger partial charge in [-0.3, -0.25) is 0 Å². The van der Waals surface area contributed by atoms with E-state index in [4.69, 9.17) is 9.84 Å². The molecule has 3 nitrogen and oxygen atoms in total. The fourth-order valence-corrected chi connectivity index (χ4v) is 2.42. The Hall–Kier alpha value is -0.580. The SMILES string of the molecule is COc1ccc(CNC2CC(O)C2)cc1Br. The van der Waals surface area contributed by atoms with Gasteiger partial charge >= 0.3 is 0 Å². The highest BCUT2D eigenvalue weighted by Gasteiger charge is 2.26.